The van der Waals surface area contributed by atoms with Gasteiger partial charge in [-0.25, -0.2) is 0 Å². The smallest absolute Gasteiger partial charge is 0.234 e. The van der Waals surface area contributed by atoms with Crippen molar-refractivity contribution >= 4 is 16.3 Å². The van der Waals surface area contributed by atoms with Gasteiger partial charge in [-0.2, -0.15) is 9.61 Å². The van der Waals surface area contributed by atoms with Gasteiger partial charge in [0.1, 0.15) is 5.01 Å². The van der Waals surface area contributed by atoms with E-state index in [1.165, 1.54) is 24.4 Å². The summed E-state index contributed by atoms with van der Waals surface area (Å²) in [5.74, 6) is 1.56. The zero-order valence-corrected chi connectivity index (χ0v) is 13.4. The van der Waals surface area contributed by atoms with Crippen LogP contribution in [0.2, 0.25) is 0 Å². The molecule has 110 valence electrons. The Hall–Kier alpha value is -1.01. The first-order chi connectivity index (χ1) is 9.69. The van der Waals surface area contributed by atoms with E-state index in [-0.39, 0.29) is 0 Å². The minimum Gasteiger partial charge on any atom is -0.300 e. The summed E-state index contributed by atoms with van der Waals surface area (Å²) >= 11 is 1.72. The number of piperidine rings is 1. The van der Waals surface area contributed by atoms with Crippen molar-refractivity contribution < 1.29 is 0 Å². The largest absolute Gasteiger partial charge is 0.300 e. The molecule has 6 heteroatoms. The topological polar surface area (TPSA) is 46.3 Å². The number of hydrogen-bond acceptors (Lipinski definition) is 5. The number of likely N-dealkylation sites (tertiary alicyclic amines) is 1. The van der Waals surface area contributed by atoms with Gasteiger partial charge in [0, 0.05) is 24.9 Å². The third-order valence-corrected chi connectivity index (χ3v) is 5.14. The first-order valence-electron chi connectivity index (χ1n) is 7.64. The Balaban J connectivity index is 1.82. The molecule has 1 atom stereocenters. The zero-order chi connectivity index (χ0) is 14.1. The fourth-order valence-corrected chi connectivity index (χ4v) is 3.88. The monoisotopic (exact) mass is 293 g/mol. The predicted octanol–water partition coefficient (Wildman–Crippen LogP) is 2.73. The van der Waals surface area contributed by atoms with Crippen molar-refractivity contribution in [3.8, 4) is 0 Å². The molecule has 3 rings (SSSR count). The molecule has 5 nitrogen and oxygen atoms in total. The number of hydrogen-bond donors (Lipinski definition) is 0. The van der Waals surface area contributed by atoms with Crippen LogP contribution >= 0.6 is 11.3 Å². The molecule has 0 radical (unpaired) electrons. The summed E-state index contributed by atoms with van der Waals surface area (Å²) in [5, 5.41) is 14.5. The standard InChI is InChI=1S/C14H23N5S/c1-4-6-12-15-16-14-19(12)17-13(20-14)11-7-5-8-18(9-11)10(2)3/h10-11H,4-9H2,1-3H3. The lowest BCUT2D eigenvalue weighted by Gasteiger charge is -2.34. The second kappa shape index (κ2) is 5.77. The van der Waals surface area contributed by atoms with Crippen molar-refractivity contribution in [1.29, 1.82) is 0 Å². The zero-order valence-electron chi connectivity index (χ0n) is 12.5. The van der Waals surface area contributed by atoms with Crippen LogP contribution in [-0.4, -0.2) is 43.8 Å². The van der Waals surface area contributed by atoms with E-state index in [0.29, 0.717) is 12.0 Å². The number of fused-ring (bicyclic) bond motifs is 1. The Kier molecular flexibility index (Phi) is 4.03. The molecule has 20 heavy (non-hydrogen) atoms. The summed E-state index contributed by atoms with van der Waals surface area (Å²) in [6, 6.07) is 0.624. The molecule has 0 bridgehead atoms. The Labute approximate surface area is 124 Å². The van der Waals surface area contributed by atoms with Crippen molar-refractivity contribution in [3.05, 3.63) is 10.8 Å². The van der Waals surface area contributed by atoms with E-state index in [2.05, 4.69) is 35.9 Å². The lowest BCUT2D eigenvalue weighted by Crippen LogP contribution is -2.39. The Morgan fingerprint density at radius 2 is 2.20 bits per heavy atom. The van der Waals surface area contributed by atoms with Crippen molar-refractivity contribution in [3.63, 3.8) is 0 Å². The maximum Gasteiger partial charge on any atom is 0.234 e. The molecule has 0 aromatic carbocycles. The highest BCUT2D eigenvalue weighted by molar-refractivity contribution is 7.16. The molecule has 1 unspecified atom stereocenters. The fourth-order valence-electron chi connectivity index (χ4n) is 2.89. The summed E-state index contributed by atoms with van der Waals surface area (Å²) in [6.45, 7) is 9.07. The van der Waals surface area contributed by atoms with E-state index in [1.54, 1.807) is 11.3 Å². The maximum absolute atomic E-state index is 4.79. The van der Waals surface area contributed by atoms with Crippen LogP contribution < -0.4 is 0 Å². The van der Waals surface area contributed by atoms with Crippen molar-refractivity contribution in [1.82, 2.24) is 24.7 Å². The summed E-state index contributed by atoms with van der Waals surface area (Å²) in [5.41, 5.74) is 0. The maximum atomic E-state index is 4.79. The van der Waals surface area contributed by atoms with Gasteiger partial charge >= 0.3 is 0 Å². The van der Waals surface area contributed by atoms with Gasteiger partial charge in [-0.3, -0.25) is 0 Å². The van der Waals surface area contributed by atoms with Crippen LogP contribution in [-0.2, 0) is 6.42 Å². The average molecular weight is 293 g/mol. The van der Waals surface area contributed by atoms with Gasteiger partial charge in [-0.05, 0) is 39.7 Å². The molecule has 3 heterocycles. The Bertz CT molecular complexity index is 573. The molecule has 1 saturated heterocycles. The van der Waals surface area contributed by atoms with E-state index >= 15 is 0 Å². The molecular formula is C14H23N5S. The first-order valence-corrected chi connectivity index (χ1v) is 8.45. The van der Waals surface area contributed by atoms with Crippen LogP contribution in [0.3, 0.4) is 0 Å². The van der Waals surface area contributed by atoms with Crippen LogP contribution in [0.15, 0.2) is 0 Å². The molecule has 0 N–H and O–H groups in total. The van der Waals surface area contributed by atoms with Gasteiger partial charge < -0.3 is 4.90 Å². The highest BCUT2D eigenvalue weighted by atomic mass is 32.1. The molecule has 0 aliphatic carbocycles. The molecule has 0 spiro atoms. The van der Waals surface area contributed by atoms with Gasteiger partial charge in [0.05, 0.1) is 0 Å². The molecular weight excluding hydrogens is 270 g/mol. The van der Waals surface area contributed by atoms with E-state index in [9.17, 15) is 0 Å². The highest BCUT2D eigenvalue weighted by Gasteiger charge is 2.26. The quantitative estimate of drug-likeness (QED) is 0.869. The molecule has 1 aliphatic heterocycles. The van der Waals surface area contributed by atoms with Crippen LogP contribution in [0.25, 0.3) is 4.96 Å². The summed E-state index contributed by atoms with van der Waals surface area (Å²) in [4.78, 5) is 3.51. The minimum absolute atomic E-state index is 0.562. The number of rotatable bonds is 4. The van der Waals surface area contributed by atoms with E-state index < -0.39 is 0 Å². The third kappa shape index (κ3) is 2.59. The fraction of sp³-hybridized carbons (Fsp3) is 0.786. The second-order valence-electron chi connectivity index (χ2n) is 5.93. The molecule has 2 aromatic rings. The number of aryl methyl sites for hydroxylation is 1. The summed E-state index contributed by atoms with van der Waals surface area (Å²) in [6.07, 6.45) is 4.55. The lowest BCUT2D eigenvalue weighted by atomic mass is 9.98. The summed E-state index contributed by atoms with van der Waals surface area (Å²) in [7, 11) is 0. The van der Waals surface area contributed by atoms with Crippen LogP contribution in [0, 0.1) is 0 Å². The SMILES string of the molecule is CCCc1nnc2sc(C3CCCN(C(C)C)C3)nn12. The summed E-state index contributed by atoms with van der Waals surface area (Å²) < 4.78 is 1.96. The van der Waals surface area contributed by atoms with Crippen molar-refractivity contribution in [2.45, 2.75) is 58.4 Å². The molecule has 0 saturated carbocycles. The molecule has 2 aromatic heterocycles. The second-order valence-corrected chi connectivity index (χ2v) is 6.92. The van der Waals surface area contributed by atoms with Crippen molar-refractivity contribution in [2.75, 3.05) is 13.1 Å². The Morgan fingerprint density at radius 3 is 2.95 bits per heavy atom. The molecule has 1 aliphatic rings. The number of aromatic nitrogens is 4. The Morgan fingerprint density at radius 1 is 1.35 bits per heavy atom. The predicted molar refractivity (Wildman–Crippen MR) is 81.3 cm³/mol. The molecule has 1 fully saturated rings. The number of nitrogens with zero attached hydrogens (tertiary/aromatic N) is 5. The van der Waals surface area contributed by atoms with E-state index in [4.69, 9.17) is 5.10 Å². The van der Waals surface area contributed by atoms with Gasteiger partial charge in [-0.15, -0.1) is 10.2 Å². The first kappa shape index (κ1) is 13.9. The normalized spacial score (nSPS) is 21.1. The van der Waals surface area contributed by atoms with Crippen LogP contribution in [0.5, 0.6) is 0 Å². The van der Waals surface area contributed by atoms with Crippen molar-refractivity contribution in [2.24, 2.45) is 0 Å². The van der Waals surface area contributed by atoms with E-state index in [1.807, 2.05) is 4.52 Å². The van der Waals surface area contributed by atoms with E-state index in [0.717, 1.165) is 30.2 Å². The minimum atomic E-state index is 0.562. The third-order valence-electron chi connectivity index (χ3n) is 4.08. The van der Waals surface area contributed by atoms with Crippen LogP contribution in [0.4, 0.5) is 0 Å². The average Bonchev–Trinajstić information content (AvgIpc) is 3.01. The van der Waals surface area contributed by atoms with Gasteiger partial charge in [0.2, 0.25) is 4.96 Å². The lowest BCUT2D eigenvalue weighted by molar-refractivity contribution is 0.167. The van der Waals surface area contributed by atoms with Crippen LogP contribution in [0.1, 0.15) is 56.8 Å². The van der Waals surface area contributed by atoms with Gasteiger partial charge in [-0.1, -0.05) is 18.3 Å². The highest BCUT2D eigenvalue weighted by Crippen LogP contribution is 2.30. The van der Waals surface area contributed by atoms with Gasteiger partial charge in [0.15, 0.2) is 5.82 Å². The van der Waals surface area contributed by atoms with Gasteiger partial charge in [0.25, 0.3) is 0 Å². The molecule has 0 amide bonds.